The van der Waals surface area contributed by atoms with Gasteiger partial charge in [0.2, 0.25) is 0 Å². The fourth-order valence-electron chi connectivity index (χ4n) is 1.73. The first kappa shape index (κ1) is 14.9. The van der Waals surface area contributed by atoms with Crippen molar-refractivity contribution >= 4 is 38.6 Å². The van der Waals surface area contributed by atoms with Gasteiger partial charge in [0.15, 0.2) is 10.2 Å². The standard InChI is InChI=1S/C12H8ClFN4O2S2/c13-9-5-8(1-2-10(9)14)17-22(19,20)11-6-15-7-18(11)12-16-3-4-21-12/h1-7,17H. The Morgan fingerprint density at radius 1 is 1.36 bits per heavy atom. The van der Waals surface area contributed by atoms with E-state index in [0.29, 0.717) is 5.13 Å². The Morgan fingerprint density at radius 3 is 2.86 bits per heavy atom. The van der Waals surface area contributed by atoms with E-state index in [-0.39, 0.29) is 15.7 Å². The van der Waals surface area contributed by atoms with E-state index in [2.05, 4.69) is 14.7 Å². The smallest absolute Gasteiger partial charge is 0.278 e. The summed E-state index contributed by atoms with van der Waals surface area (Å²) in [5.74, 6) is -0.627. The lowest BCUT2D eigenvalue weighted by molar-refractivity contribution is 0.594. The maximum atomic E-state index is 13.1. The molecule has 2 heterocycles. The van der Waals surface area contributed by atoms with Crippen molar-refractivity contribution < 1.29 is 12.8 Å². The van der Waals surface area contributed by atoms with Gasteiger partial charge in [-0.3, -0.25) is 9.29 Å². The molecular weight excluding hydrogens is 351 g/mol. The van der Waals surface area contributed by atoms with Crippen LogP contribution in [0.25, 0.3) is 5.13 Å². The molecule has 0 radical (unpaired) electrons. The molecule has 1 N–H and O–H groups in total. The van der Waals surface area contributed by atoms with E-state index in [1.807, 2.05) is 0 Å². The summed E-state index contributed by atoms with van der Waals surface area (Å²) in [5, 5.41) is 1.94. The van der Waals surface area contributed by atoms with Crippen LogP contribution in [0, 0.1) is 5.82 Å². The average Bonchev–Trinajstić information content (AvgIpc) is 3.12. The number of nitrogens with zero attached hydrogens (tertiary/aromatic N) is 3. The normalized spacial score (nSPS) is 11.5. The Bertz CT molecular complexity index is 909. The fourth-order valence-corrected chi connectivity index (χ4v) is 3.72. The Hall–Kier alpha value is -1.97. The van der Waals surface area contributed by atoms with Crippen molar-refractivity contribution in [1.82, 2.24) is 14.5 Å². The van der Waals surface area contributed by atoms with Gasteiger partial charge in [-0.15, -0.1) is 11.3 Å². The molecule has 0 bridgehead atoms. The molecule has 0 aliphatic carbocycles. The van der Waals surface area contributed by atoms with Crippen LogP contribution in [0.15, 0.2) is 47.3 Å². The van der Waals surface area contributed by atoms with Crippen LogP contribution in [0.2, 0.25) is 5.02 Å². The van der Waals surface area contributed by atoms with E-state index in [1.165, 1.54) is 40.6 Å². The van der Waals surface area contributed by atoms with Crippen LogP contribution in [0.3, 0.4) is 0 Å². The molecule has 0 saturated carbocycles. The maximum Gasteiger partial charge on any atom is 0.279 e. The van der Waals surface area contributed by atoms with Crippen LogP contribution < -0.4 is 4.72 Å². The zero-order valence-electron chi connectivity index (χ0n) is 10.8. The van der Waals surface area contributed by atoms with Gasteiger partial charge >= 0.3 is 0 Å². The molecule has 114 valence electrons. The van der Waals surface area contributed by atoms with Crippen LogP contribution >= 0.6 is 22.9 Å². The van der Waals surface area contributed by atoms with Crippen LogP contribution in [0.4, 0.5) is 10.1 Å². The predicted molar refractivity (Wildman–Crippen MR) is 81.5 cm³/mol. The van der Waals surface area contributed by atoms with Crippen molar-refractivity contribution in [2.45, 2.75) is 5.03 Å². The van der Waals surface area contributed by atoms with Gasteiger partial charge in [0, 0.05) is 11.6 Å². The summed E-state index contributed by atoms with van der Waals surface area (Å²) in [7, 11) is -3.92. The number of aromatic nitrogens is 3. The third kappa shape index (κ3) is 2.82. The van der Waals surface area contributed by atoms with Gasteiger partial charge in [-0.2, -0.15) is 8.42 Å². The number of benzene rings is 1. The minimum Gasteiger partial charge on any atom is -0.278 e. The lowest BCUT2D eigenvalue weighted by Crippen LogP contribution is -2.16. The third-order valence-corrected chi connectivity index (χ3v) is 5.09. The quantitative estimate of drug-likeness (QED) is 0.778. The molecule has 10 heteroatoms. The Morgan fingerprint density at radius 2 is 2.18 bits per heavy atom. The molecular formula is C12H8ClFN4O2S2. The van der Waals surface area contributed by atoms with Crippen molar-refractivity contribution in [3.05, 3.63) is 53.1 Å². The van der Waals surface area contributed by atoms with Crippen LogP contribution in [0.1, 0.15) is 0 Å². The number of nitrogens with one attached hydrogen (secondary N) is 1. The lowest BCUT2D eigenvalue weighted by atomic mass is 10.3. The van der Waals surface area contributed by atoms with Crippen LogP contribution in [-0.4, -0.2) is 23.0 Å². The molecule has 0 spiro atoms. The van der Waals surface area contributed by atoms with Crippen molar-refractivity contribution in [3.63, 3.8) is 0 Å². The van der Waals surface area contributed by atoms with E-state index < -0.39 is 15.8 Å². The third-order valence-electron chi connectivity index (χ3n) is 2.68. The van der Waals surface area contributed by atoms with Gasteiger partial charge < -0.3 is 0 Å². The summed E-state index contributed by atoms with van der Waals surface area (Å²) >= 11 is 6.91. The Kier molecular flexibility index (Phi) is 3.85. The van der Waals surface area contributed by atoms with Crippen molar-refractivity contribution in [2.24, 2.45) is 0 Å². The molecule has 3 aromatic rings. The molecule has 6 nitrogen and oxygen atoms in total. The second-order valence-corrected chi connectivity index (χ2v) is 7.06. The lowest BCUT2D eigenvalue weighted by Gasteiger charge is -2.09. The molecule has 0 aliphatic heterocycles. The van der Waals surface area contributed by atoms with Crippen LogP contribution in [0.5, 0.6) is 0 Å². The zero-order valence-corrected chi connectivity index (χ0v) is 13.2. The van der Waals surface area contributed by atoms with Crippen molar-refractivity contribution in [3.8, 4) is 5.13 Å². The van der Waals surface area contributed by atoms with Crippen molar-refractivity contribution in [1.29, 1.82) is 0 Å². The highest BCUT2D eigenvalue weighted by Gasteiger charge is 2.21. The Balaban J connectivity index is 1.97. The summed E-state index contributed by atoms with van der Waals surface area (Å²) in [4.78, 5) is 7.89. The van der Waals surface area contributed by atoms with E-state index in [1.54, 1.807) is 11.6 Å². The highest BCUT2D eigenvalue weighted by atomic mass is 35.5. The first-order valence-electron chi connectivity index (χ1n) is 5.87. The molecule has 1 aromatic carbocycles. The largest absolute Gasteiger partial charge is 0.279 e. The number of rotatable bonds is 4. The summed E-state index contributed by atoms with van der Waals surface area (Å²) in [6.45, 7) is 0. The van der Waals surface area contributed by atoms with Crippen molar-refractivity contribution in [2.75, 3.05) is 4.72 Å². The second-order valence-electron chi connectivity index (χ2n) is 4.15. The molecule has 2 aromatic heterocycles. The maximum absolute atomic E-state index is 13.1. The number of anilines is 1. The average molecular weight is 359 g/mol. The minimum absolute atomic E-state index is 0.0807. The monoisotopic (exact) mass is 358 g/mol. The molecule has 0 fully saturated rings. The molecule has 22 heavy (non-hydrogen) atoms. The van der Waals surface area contributed by atoms with Crippen LogP contribution in [-0.2, 0) is 10.0 Å². The van der Waals surface area contributed by atoms with E-state index in [4.69, 9.17) is 11.6 Å². The summed E-state index contributed by atoms with van der Waals surface area (Å²) in [5.41, 5.74) is 0.151. The number of hydrogen-bond donors (Lipinski definition) is 1. The molecule has 0 amide bonds. The van der Waals surface area contributed by atoms with E-state index in [9.17, 15) is 12.8 Å². The second kappa shape index (κ2) is 5.67. The van der Waals surface area contributed by atoms with Gasteiger partial charge in [0.1, 0.15) is 12.1 Å². The molecule has 0 unspecified atom stereocenters. The number of thiazole rings is 1. The van der Waals surface area contributed by atoms with Gasteiger partial charge in [-0.1, -0.05) is 11.6 Å². The fraction of sp³-hybridized carbons (Fsp3) is 0. The van der Waals surface area contributed by atoms with Gasteiger partial charge in [0.05, 0.1) is 16.9 Å². The highest BCUT2D eigenvalue weighted by molar-refractivity contribution is 7.92. The molecule has 0 aliphatic rings. The molecule has 3 rings (SSSR count). The molecule has 0 saturated heterocycles. The Labute approximate surface area is 134 Å². The number of imidazole rings is 1. The van der Waals surface area contributed by atoms with Gasteiger partial charge in [-0.05, 0) is 18.2 Å². The van der Waals surface area contributed by atoms with E-state index >= 15 is 0 Å². The predicted octanol–water partition coefficient (Wildman–Crippen LogP) is 2.92. The topological polar surface area (TPSA) is 76.9 Å². The number of hydrogen-bond acceptors (Lipinski definition) is 5. The van der Waals surface area contributed by atoms with E-state index in [0.717, 1.165) is 6.07 Å². The highest BCUT2D eigenvalue weighted by Crippen LogP contribution is 2.23. The zero-order chi connectivity index (χ0) is 15.7. The summed E-state index contributed by atoms with van der Waals surface area (Å²) < 4.78 is 41.7. The first-order valence-corrected chi connectivity index (χ1v) is 8.61. The van der Waals surface area contributed by atoms with Gasteiger partial charge in [0.25, 0.3) is 10.0 Å². The summed E-state index contributed by atoms with van der Waals surface area (Å²) in [6.07, 6.45) is 4.11. The minimum atomic E-state index is -3.92. The van der Waals surface area contributed by atoms with Gasteiger partial charge in [-0.25, -0.2) is 14.4 Å². The number of sulfonamides is 1. The SMILES string of the molecule is O=S(=O)(Nc1ccc(F)c(Cl)c1)c1cncn1-c1nccs1. The number of halogens is 2. The first-order chi connectivity index (χ1) is 10.5. The molecule has 0 atom stereocenters. The summed E-state index contributed by atoms with van der Waals surface area (Å²) in [6, 6.07) is 3.56.